The molecule has 0 fully saturated rings. The first-order valence-electron chi connectivity index (χ1n) is 6.94. The van der Waals surface area contributed by atoms with Crippen LogP contribution in [0.2, 0.25) is 5.02 Å². The third kappa shape index (κ3) is 2.72. The van der Waals surface area contributed by atoms with Gasteiger partial charge in [0, 0.05) is 34.7 Å². The maximum Gasteiger partial charge on any atom is 0.0467 e. The smallest absolute Gasteiger partial charge is 0.0467 e. The number of anilines is 1. The highest BCUT2D eigenvalue weighted by molar-refractivity contribution is 9.08. The van der Waals surface area contributed by atoms with Gasteiger partial charge in [0.05, 0.1) is 0 Å². The van der Waals surface area contributed by atoms with Crippen molar-refractivity contribution in [2.24, 2.45) is 0 Å². The molecule has 3 heteroatoms. The average molecular weight is 351 g/mol. The van der Waals surface area contributed by atoms with Crippen molar-refractivity contribution in [2.45, 2.75) is 24.7 Å². The van der Waals surface area contributed by atoms with Crippen molar-refractivity contribution in [1.29, 1.82) is 0 Å². The second kappa shape index (κ2) is 6.19. The summed E-state index contributed by atoms with van der Waals surface area (Å²) in [6.07, 6.45) is 2.35. The lowest BCUT2D eigenvalue weighted by Gasteiger charge is -2.26. The van der Waals surface area contributed by atoms with Crippen molar-refractivity contribution in [3.8, 4) is 0 Å². The van der Waals surface area contributed by atoms with E-state index in [2.05, 4.69) is 51.2 Å². The van der Waals surface area contributed by atoms with E-state index in [-0.39, 0.29) is 0 Å². The lowest BCUT2D eigenvalue weighted by Crippen LogP contribution is -2.23. The molecule has 0 unspecified atom stereocenters. The molecule has 0 spiro atoms. The Morgan fingerprint density at radius 3 is 2.65 bits per heavy atom. The van der Waals surface area contributed by atoms with E-state index in [1.807, 2.05) is 12.1 Å². The molecule has 0 aliphatic carbocycles. The molecule has 1 aliphatic rings. The van der Waals surface area contributed by atoms with Crippen molar-refractivity contribution in [3.63, 3.8) is 0 Å². The van der Waals surface area contributed by atoms with Gasteiger partial charge in [-0.05, 0) is 36.1 Å². The number of fused-ring (bicyclic) bond motifs is 1. The molecule has 104 valence electrons. The molecular weight excluding hydrogens is 334 g/mol. The molecule has 0 amide bonds. The van der Waals surface area contributed by atoms with Gasteiger partial charge in [-0.1, -0.05) is 57.9 Å². The minimum absolute atomic E-state index is 0.792. The second-order valence-corrected chi connectivity index (χ2v) is 6.13. The summed E-state index contributed by atoms with van der Waals surface area (Å²) in [5.41, 5.74) is 5.36. The first kappa shape index (κ1) is 14.0. The van der Waals surface area contributed by atoms with E-state index in [1.54, 1.807) is 0 Å². The maximum atomic E-state index is 6.33. The summed E-state index contributed by atoms with van der Waals surface area (Å²) in [6.45, 7) is 2.05. The van der Waals surface area contributed by atoms with Crippen molar-refractivity contribution in [3.05, 3.63) is 64.2 Å². The number of halogens is 2. The predicted octanol–water partition coefficient (Wildman–Crippen LogP) is 5.19. The van der Waals surface area contributed by atoms with Crippen LogP contribution in [0.15, 0.2) is 42.5 Å². The highest BCUT2D eigenvalue weighted by atomic mass is 79.9. The van der Waals surface area contributed by atoms with Gasteiger partial charge in [0.15, 0.2) is 0 Å². The molecule has 2 aromatic rings. The van der Waals surface area contributed by atoms with Crippen molar-refractivity contribution in [1.82, 2.24) is 0 Å². The minimum atomic E-state index is 0.792. The number of hydrogen-bond acceptors (Lipinski definition) is 1. The van der Waals surface area contributed by atoms with E-state index < -0.39 is 0 Å². The van der Waals surface area contributed by atoms with Crippen molar-refractivity contribution in [2.75, 3.05) is 11.4 Å². The van der Waals surface area contributed by atoms with Crippen molar-refractivity contribution < 1.29 is 0 Å². The van der Waals surface area contributed by atoms with Gasteiger partial charge in [0.1, 0.15) is 0 Å². The molecule has 0 radical (unpaired) electrons. The third-order valence-corrected chi connectivity index (χ3v) is 4.84. The highest BCUT2D eigenvalue weighted by Crippen LogP contribution is 2.32. The fourth-order valence-electron chi connectivity index (χ4n) is 2.88. The largest absolute Gasteiger partial charge is 0.367 e. The van der Waals surface area contributed by atoms with Crippen LogP contribution in [0.1, 0.15) is 23.1 Å². The van der Waals surface area contributed by atoms with Gasteiger partial charge in [0.2, 0.25) is 0 Å². The molecule has 3 rings (SSSR count). The fourth-order valence-corrected chi connectivity index (χ4v) is 3.87. The van der Waals surface area contributed by atoms with Crippen molar-refractivity contribution >= 4 is 33.2 Å². The Labute approximate surface area is 133 Å². The van der Waals surface area contributed by atoms with Gasteiger partial charge in [-0.15, -0.1) is 0 Å². The summed E-state index contributed by atoms with van der Waals surface area (Å²) in [5.74, 6) is 0. The highest BCUT2D eigenvalue weighted by Gasteiger charge is 2.17. The van der Waals surface area contributed by atoms with Crippen LogP contribution in [-0.2, 0) is 18.3 Å². The predicted molar refractivity (Wildman–Crippen MR) is 89.9 cm³/mol. The second-order valence-electron chi connectivity index (χ2n) is 5.16. The van der Waals surface area contributed by atoms with E-state index in [4.69, 9.17) is 11.6 Å². The zero-order chi connectivity index (χ0) is 13.9. The monoisotopic (exact) mass is 349 g/mol. The van der Waals surface area contributed by atoms with E-state index in [0.29, 0.717) is 0 Å². The molecule has 0 saturated heterocycles. The van der Waals surface area contributed by atoms with Gasteiger partial charge in [-0.2, -0.15) is 0 Å². The van der Waals surface area contributed by atoms with Crippen LogP contribution in [-0.4, -0.2) is 6.54 Å². The Bertz CT molecular complexity index is 612. The minimum Gasteiger partial charge on any atom is -0.367 e. The standard InChI is InChI=1S/C17H17BrClN/c18-11-15-16(19)8-3-9-17(15)20-10-4-7-13-5-1-2-6-14(13)12-20/h1-3,5-6,8-9H,4,7,10-12H2. The summed E-state index contributed by atoms with van der Waals surface area (Å²) < 4.78 is 0. The molecule has 0 saturated carbocycles. The van der Waals surface area contributed by atoms with Crippen LogP contribution in [0.3, 0.4) is 0 Å². The van der Waals surface area contributed by atoms with E-state index in [1.165, 1.54) is 28.8 Å². The normalized spacial score (nSPS) is 14.8. The van der Waals surface area contributed by atoms with Crippen LogP contribution in [0.25, 0.3) is 0 Å². The summed E-state index contributed by atoms with van der Waals surface area (Å²) in [6, 6.07) is 14.9. The SMILES string of the molecule is Clc1cccc(N2CCCc3ccccc3C2)c1CBr. The lowest BCUT2D eigenvalue weighted by atomic mass is 10.0. The Kier molecular flexibility index (Phi) is 4.32. The fraction of sp³-hybridized carbons (Fsp3) is 0.294. The molecule has 0 aromatic heterocycles. The Balaban J connectivity index is 1.98. The Morgan fingerprint density at radius 1 is 1.05 bits per heavy atom. The summed E-state index contributed by atoms with van der Waals surface area (Å²) in [7, 11) is 0. The van der Waals surface area contributed by atoms with Gasteiger partial charge in [-0.25, -0.2) is 0 Å². The number of nitrogens with zero attached hydrogens (tertiary/aromatic N) is 1. The average Bonchev–Trinajstić information content (AvgIpc) is 2.69. The molecule has 1 nitrogen and oxygen atoms in total. The summed E-state index contributed by atoms with van der Waals surface area (Å²) >= 11 is 9.90. The molecule has 0 atom stereocenters. The topological polar surface area (TPSA) is 3.24 Å². The number of aryl methyl sites for hydroxylation is 1. The number of benzene rings is 2. The van der Waals surface area contributed by atoms with Gasteiger partial charge in [-0.3, -0.25) is 0 Å². The molecular formula is C17H17BrClN. The lowest BCUT2D eigenvalue weighted by molar-refractivity contribution is 0.763. The summed E-state index contributed by atoms with van der Waals surface area (Å²) in [5, 5.41) is 1.64. The number of hydrogen-bond donors (Lipinski definition) is 0. The molecule has 0 N–H and O–H groups in total. The van der Waals surface area contributed by atoms with Gasteiger partial charge < -0.3 is 4.90 Å². The zero-order valence-electron chi connectivity index (χ0n) is 11.3. The first-order chi connectivity index (χ1) is 9.79. The zero-order valence-corrected chi connectivity index (χ0v) is 13.6. The molecule has 2 aromatic carbocycles. The van der Waals surface area contributed by atoms with E-state index in [0.717, 1.165) is 29.9 Å². The Morgan fingerprint density at radius 2 is 1.85 bits per heavy atom. The molecule has 0 bridgehead atoms. The maximum absolute atomic E-state index is 6.33. The number of rotatable bonds is 2. The van der Waals surface area contributed by atoms with Gasteiger partial charge in [0.25, 0.3) is 0 Å². The van der Waals surface area contributed by atoms with Crippen LogP contribution in [0.5, 0.6) is 0 Å². The van der Waals surface area contributed by atoms with Crippen LogP contribution in [0.4, 0.5) is 5.69 Å². The molecule has 1 heterocycles. The molecule has 1 aliphatic heterocycles. The first-order valence-corrected chi connectivity index (χ1v) is 8.44. The molecule has 20 heavy (non-hydrogen) atoms. The van der Waals surface area contributed by atoms with E-state index in [9.17, 15) is 0 Å². The van der Waals surface area contributed by atoms with E-state index >= 15 is 0 Å². The Hall–Kier alpha value is -0.990. The quantitative estimate of drug-likeness (QED) is 0.674. The van der Waals surface area contributed by atoms with Gasteiger partial charge >= 0.3 is 0 Å². The van der Waals surface area contributed by atoms with Crippen LogP contribution in [0, 0.1) is 0 Å². The number of alkyl halides is 1. The summed E-state index contributed by atoms with van der Waals surface area (Å²) in [4.78, 5) is 2.45. The van der Waals surface area contributed by atoms with Crippen LogP contribution >= 0.6 is 27.5 Å². The van der Waals surface area contributed by atoms with Crippen LogP contribution < -0.4 is 4.90 Å². The third-order valence-electron chi connectivity index (χ3n) is 3.92.